The van der Waals surface area contributed by atoms with Gasteiger partial charge >= 0.3 is 12.4 Å². The smallest absolute Gasteiger partial charge is 0.309 e. The number of hydrogen-bond acceptors (Lipinski definition) is 3. The van der Waals surface area contributed by atoms with Crippen LogP contribution in [0.4, 0.5) is 26.3 Å². The molecule has 0 aliphatic carbocycles. The zero-order valence-electron chi connectivity index (χ0n) is 24.1. The van der Waals surface area contributed by atoms with Gasteiger partial charge in [0.15, 0.2) is 5.82 Å². The van der Waals surface area contributed by atoms with E-state index in [2.05, 4.69) is 6.07 Å². The van der Waals surface area contributed by atoms with Gasteiger partial charge in [-0.2, -0.15) is 31.6 Å². The minimum atomic E-state index is -4.70. The van der Waals surface area contributed by atoms with Crippen molar-refractivity contribution in [2.24, 2.45) is 0 Å². The fourth-order valence-corrected chi connectivity index (χ4v) is 5.69. The molecule has 0 spiro atoms. The molecule has 0 aliphatic heterocycles. The summed E-state index contributed by atoms with van der Waals surface area (Å²) < 4.78 is 83.5. The Morgan fingerprint density at radius 2 is 1.04 bits per heavy atom. The van der Waals surface area contributed by atoms with Crippen molar-refractivity contribution in [3.05, 3.63) is 138 Å². The number of halogens is 6. The van der Waals surface area contributed by atoms with E-state index in [1.54, 1.807) is 16.7 Å². The van der Waals surface area contributed by atoms with Crippen molar-refractivity contribution >= 4 is 21.8 Å². The van der Waals surface area contributed by atoms with E-state index in [-0.39, 0.29) is 33.2 Å². The van der Waals surface area contributed by atoms with Gasteiger partial charge in [-0.3, -0.25) is 0 Å². The predicted octanol–water partition coefficient (Wildman–Crippen LogP) is 10.5. The molecule has 7 aromatic rings. The maximum atomic E-state index is 13.7. The van der Waals surface area contributed by atoms with Crippen molar-refractivity contribution in [3.63, 3.8) is 0 Å². The van der Waals surface area contributed by atoms with Gasteiger partial charge in [0.05, 0.1) is 45.2 Å². The molecule has 0 bridgehead atoms. The first-order chi connectivity index (χ1) is 22.5. The monoisotopic (exact) mass is 634 g/mol. The quantitative estimate of drug-likeness (QED) is 0.181. The molecule has 0 fully saturated rings. The molecule has 10 heteroatoms. The first-order valence-electron chi connectivity index (χ1n) is 14.3. The van der Waals surface area contributed by atoms with E-state index in [0.717, 1.165) is 35.4 Å². The fraction of sp³-hybridized carbons (Fsp3) is 0.0541. The van der Waals surface area contributed by atoms with Gasteiger partial charge < -0.3 is 4.57 Å². The number of rotatable bonds is 4. The molecule has 2 aromatic heterocycles. The van der Waals surface area contributed by atoms with Crippen LogP contribution < -0.4 is 0 Å². The summed E-state index contributed by atoms with van der Waals surface area (Å²) in [4.78, 5) is 9.57. The largest absolute Gasteiger partial charge is 0.416 e. The van der Waals surface area contributed by atoms with E-state index >= 15 is 0 Å². The molecule has 0 saturated heterocycles. The first kappa shape index (κ1) is 29.7. The number of nitrogens with zero attached hydrogens (tertiary/aromatic N) is 4. The number of nitriles is 1. The van der Waals surface area contributed by atoms with Crippen LogP contribution in [0.15, 0.2) is 121 Å². The SMILES string of the molecule is N#Cc1cc(-n2c3ccc(C(F)(F)F)cc3c3cc(C(F)(F)F)ccc32)ccc1-c1nc(-c2ccccc2)cc(-c2ccccc2)n1. The van der Waals surface area contributed by atoms with Crippen LogP contribution >= 0.6 is 0 Å². The zero-order chi connectivity index (χ0) is 32.9. The van der Waals surface area contributed by atoms with Gasteiger partial charge in [0, 0.05) is 33.2 Å². The van der Waals surface area contributed by atoms with E-state index in [1.807, 2.05) is 66.7 Å². The second-order valence-corrected chi connectivity index (χ2v) is 10.8. The van der Waals surface area contributed by atoms with Crippen LogP contribution in [0.25, 0.3) is 61.4 Å². The Bertz CT molecular complexity index is 2210. The number of aromatic nitrogens is 3. The Morgan fingerprint density at radius 3 is 1.49 bits per heavy atom. The van der Waals surface area contributed by atoms with Gasteiger partial charge in [-0.25, -0.2) is 9.97 Å². The summed E-state index contributed by atoms with van der Waals surface area (Å²) in [6.45, 7) is 0. The maximum absolute atomic E-state index is 13.7. The molecule has 5 aromatic carbocycles. The lowest BCUT2D eigenvalue weighted by Crippen LogP contribution is -2.04. The Kier molecular flexibility index (Phi) is 7.05. The second kappa shape index (κ2) is 11.1. The molecular weight excluding hydrogens is 614 g/mol. The Labute approximate surface area is 263 Å². The van der Waals surface area contributed by atoms with E-state index in [0.29, 0.717) is 22.6 Å². The molecule has 47 heavy (non-hydrogen) atoms. The third kappa shape index (κ3) is 5.46. The first-order valence-corrected chi connectivity index (χ1v) is 14.3. The molecular formula is C37H20F6N4. The molecule has 0 unspecified atom stereocenters. The van der Waals surface area contributed by atoms with Crippen LogP contribution in [0.1, 0.15) is 16.7 Å². The molecule has 0 amide bonds. The number of hydrogen-bond donors (Lipinski definition) is 0. The summed E-state index contributed by atoms with van der Waals surface area (Å²) in [5, 5.41) is 10.3. The van der Waals surface area contributed by atoms with Gasteiger partial charge in [0.1, 0.15) is 0 Å². The number of alkyl halides is 6. The van der Waals surface area contributed by atoms with Crippen molar-refractivity contribution in [1.82, 2.24) is 14.5 Å². The summed E-state index contributed by atoms with van der Waals surface area (Å²) in [5.41, 5.74) is 2.40. The average Bonchev–Trinajstić information content (AvgIpc) is 3.41. The van der Waals surface area contributed by atoms with Gasteiger partial charge in [-0.05, 0) is 60.7 Å². The normalized spacial score (nSPS) is 12.0. The van der Waals surface area contributed by atoms with Gasteiger partial charge in [-0.15, -0.1) is 0 Å². The average molecular weight is 635 g/mol. The van der Waals surface area contributed by atoms with E-state index in [4.69, 9.17) is 9.97 Å². The fourth-order valence-electron chi connectivity index (χ4n) is 5.69. The van der Waals surface area contributed by atoms with Crippen LogP contribution in [0, 0.1) is 11.3 Å². The van der Waals surface area contributed by atoms with Gasteiger partial charge in [0.25, 0.3) is 0 Å². The highest BCUT2D eigenvalue weighted by atomic mass is 19.4. The van der Waals surface area contributed by atoms with Crippen LogP contribution in [-0.2, 0) is 12.4 Å². The van der Waals surface area contributed by atoms with Crippen LogP contribution in [0.5, 0.6) is 0 Å². The molecule has 4 nitrogen and oxygen atoms in total. The van der Waals surface area contributed by atoms with Crippen molar-refractivity contribution < 1.29 is 26.3 Å². The zero-order valence-corrected chi connectivity index (χ0v) is 24.1. The summed E-state index contributed by atoms with van der Waals surface area (Å²) in [7, 11) is 0. The maximum Gasteiger partial charge on any atom is 0.416 e. The minimum absolute atomic E-state index is 0.00472. The van der Waals surface area contributed by atoms with Crippen molar-refractivity contribution in [1.29, 1.82) is 5.26 Å². The van der Waals surface area contributed by atoms with Crippen molar-refractivity contribution in [2.45, 2.75) is 12.4 Å². The molecule has 230 valence electrons. The summed E-state index contributed by atoms with van der Waals surface area (Å²) in [6.07, 6.45) is -9.40. The van der Waals surface area contributed by atoms with Gasteiger partial charge in [-0.1, -0.05) is 60.7 Å². The van der Waals surface area contributed by atoms with E-state index < -0.39 is 23.5 Å². The highest BCUT2D eigenvalue weighted by molar-refractivity contribution is 6.10. The molecule has 2 heterocycles. The van der Waals surface area contributed by atoms with Gasteiger partial charge in [0.2, 0.25) is 0 Å². The summed E-state index contributed by atoms with van der Waals surface area (Å²) in [5.74, 6) is 0.278. The molecule has 0 saturated carbocycles. The highest BCUT2D eigenvalue weighted by Crippen LogP contribution is 2.40. The lowest BCUT2D eigenvalue weighted by Gasteiger charge is -2.13. The van der Waals surface area contributed by atoms with Crippen LogP contribution in [0.2, 0.25) is 0 Å². The summed E-state index contributed by atoms with van der Waals surface area (Å²) in [6, 6.07) is 33.7. The van der Waals surface area contributed by atoms with E-state index in [9.17, 15) is 31.6 Å². The Hall–Kier alpha value is -5.95. The standard InChI is InChI=1S/C37H20F6N4/c38-36(39,40)25-11-15-33-29(18-25)30-19-26(37(41,42)43)12-16-34(30)47(33)27-13-14-28(24(17-27)21-44)35-45-31(22-7-3-1-4-8-22)20-32(46-35)23-9-5-2-6-10-23/h1-20H. The molecule has 0 radical (unpaired) electrons. The molecule has 0 atom stereocenters. The third-order valence-corrected chi connectivity index (χ3v) is 7.91. The van der Waals surface area contributed by atoms with Crippen LogP contribution in [-0.4, -0.2) is 14.5 Å². The van der Waals surface area contributed by atoms with Crippen molar-refractivity contribution in [3.8, 4) is 45.7 Å². The minimum Gasteiger partial charge on any atom is -0.309 e. The van der Waals surface area contributed by atoms with E-state index in [1.165, 1.54) is 18.2 Å². The Morgan fingerprint density at radius 1 is 0.553 bits per heavy atom. The lowest BCUT2D eigenvalue weighted by atomic mass is 10.0. The highest BCUT2D eigenvalue weighted by Gasteiger charge is 2.33. The summed E-state index contributed by atoms with van der Waals surface area (Å²) >= 11 is 0. The lowest BCUT2D eigenvalue weighted by molar-refractivity contribution is -0.138. The topological polar surface area (TPSA) is 54.5 Å². The Balaban J connectivity index is 1.44. The number of benzene rings is 5. The second-order valence-electron chi connectivity index (χ2n) is 10.8. The third-order valence-electron chi connectivity index (χ3n) is 7.91. The molecule has 7 rings (SSSR count). The predicted molar refractivity (Wildman–Crippen MR) is 167 cm³/mol. The molecule has 0 N–H and O–H groups in total. The van der Waals surface area contributed by atoms with Crippen molar-refractivity contribution in [2.75, 3.05) is 0 Å². The molecule has 0 aliphatic rings. The van der Waals surface area contributed by atoms with Crippen LogP contribution in [0.3, 0.4) is 0 Å². The number of fused-ring (bicyclic) bond motifs is 3.